The summed E-state index contributed by atoms with van der Waals surface area (Å²) in [6.45, 7) is 3.94. The van der Waals surface area contributed by atoms with Crippen molar-refractivity contribution < 1.29 is 37.4 Å². The Morgan fingerprint density at radius 2 is 1.87 bits per heavy atom. The molecule has 0 fully saturated rings. The van der Waals surface area contributed by atoms with Gasteiger partial charge in [-0.25, -0.2) is 9.59 Å². The van der Waals surface area contributed by atoms with Crippen LogP contribution in [0.3, 0.4) is 0 Å². The molecule has 3 amide bonds. The van der Waals surface area contributed by atoms with Gasteiger partial charge in [0.15, 0.2) is 0 Å². The van der Waals surface area contributed by atoms with E-state index in [1.165, 1.54) is 0 Å². The largest absolute Gasteiger partial charge is 0.492 e. The number of nitrogens with zero attached hydrogens (tertiary/aromatic N) is 1. The smallest absolute Gasteiger partial charge is 0.490 e. The molecule has 0 heterocycles. The predicted molar refractivity (Wildman–Crippen MR) is 109 cm³/mol. The Morgan fingerprint density at radius 3 is 2.35 bits per heavy atom. The van der Waals surface area contributed by atoms with E-state index in [2.05, 4.69) is 10.6 Å². The molecule has 0 aliphatic rings. The lowest BCUT2D eigenvalue weighted by atomic mass is 10.3. The molecule has 0 atom stereocenters. The molecule has 0 saturated heterocycles. The molecule has 0 aliphatic carbocycles. The van der Waals surface area contributed by atoms with E-state index in [-0.39, 0.29) is 18.5 Å². The minimum atomic E-state index is -5.08. The average molecular weight is 471 g/mol. The normalized spacial score (nSPS) is 10.7. The number of urea groups is 1. The van der Waals surface area contributed by atoms with Crippen molar-refractivity contribution >= 4 is 35.2 Å². The first-order valence-electron chi connectivity index (χ1n) is 9.11. The van der Waals surface area contributed by atoms with Gasteiger partial charge in [0.2, 0.25) is 5.91 Å². The van der Waals surface area contributed by atoms with Crippen LogP contribution >= 0.6 is 11.6 Å². The number of alkyl halides is 3. The molecule has 176 valence electrons. The van der Waals surface area contributed by atoms with Gasteiger partial charge in [0, 0.05) is 12.2 Å². The van der Waals surface area contributed by atoms with Crippen LogP contribution in [-0.4, -0.2) is 67.4 Å². The van der Waals surface area contributed by atoms with Gasteiger partial charge in [0.05, 0.1) is 18.2 Å². The fraction of sp³-hybridized carbons (Fsp3) is 0.500. The summed E-state index contributed by atoms with van der Waals surface area (Å²) in [5.41, 5.74) is 5.71. The Hall–Kier alpha value is -2.73. The molecule has 31 heavy (non-hydrogen) atoms. The zero-order valence-corrected chi connectivity index (χ0v) is 17.8. The van der Waals surface area contributed by atoms with E-state index >= 15 is 0 Å². The number of nitrogens with two attached hydrogens (primary N) is 1. The Morgan fingerprint density at radius 1 is 1.26 bits per heavy atom. The summed E-state index contributed by atoms with van der Waals surface area (Å²) >= 11 is 6.07. The number of ether oxygens (including phenoxy) is 1. The molecule has 5 N–H and O–H groups in total. The molecular weight excluding hydrogens is 445 g/mol. The second kappa shape index (κ2) is 14.3. The number of rotatable bonds is 10. The highest BCUT2D eigenvalue weighted by atomic mass is 35.5. The van der Waals surface area contributed by atoms with Crippen molar-refractivity contribution in [3.63, 3.8) is 0 Å². The van der Waals surface area contributed by atoms with Gasteiger partial charge in [0.25, 0.3) is 0 Å². The predicted octanol–water partition coefficient (Wildman–Crippen LogP) is 2.69. The molecule has 13 heteroatoms. The van der Waals surface area contributed by atoms with Crippen molar-refractivity contribution in [1.82, 2.24) is 10.2 Å². The van der Waals surface area contributed by atoms with Crippen LogP contribution in [0.25, 0.3) is 0 Å². The number of hydrogen-bond donors (Lipinski definition) is 4. The number of hydrogen-bond acceptors (Lipinski definition) is 5. The van der Waals surface area contributed by atoms with E-state index < -0.39 is 12.1 Å². The van der Waals surface area contributed by atoms with Crippen LogP contribution in [0.5, 0.6) is 5.75 Å². The number of primary amides is 1. The molecule has 0 aliphatic heterocycles. The third kappa shape index (κ3) is 14.0. The monoisotopic (exact) mass is 470 g/mol. The van der Waals surface area contributed by atoms with Gasteiger partial charge in [-0.1, -0.05) is 11.6 Å². The Bertz CT molecular complexity index is 735. The molecular formula is C18H26ClF3N4O5. The number of amides is 3. The van der Waals surface area contributed by atoms with E-state index in [9.17, 15) is 22.8 Å². The fourth-order valence-electron chi connectivity index (χ4n) is 2.08. The number of halogens is 4. The van der Waals surface area contributed by atoms with Crippen LogP contribution in [0.15, 0.2) is 18.2 Å². The van der Waals surface area contributed by atoms with E-state index in [4.69, 9.17) is 32.0 Å². The van der Waals surface area contributed by atoms with E-state index in [0.717, 1.165) is 19.4 Å². The van der Waals surface area contributed by atoms with Crippen LogP contribution in [0.1, 0.15) is 19.8 Å². The van der Waals surface area contributed by atoms with Crippen molar-refractivity contribution in [2.24, 2.45) is 5.73 Å². The molecule has 0 aromatic heterocycles. The lowest BCUT2D eigenvalue weighted by molar-refractivity contribution is -0.192. The van der Waals surface area contributed by atoms with Gasteiger partial charge in [-0.05, 0) is 51.6 Å². The number of nitrogens with one attached hydrogen (secondary N) is 2. The third-order valence-electron chi connectivity index (χ3n) is 3.41. The first-order valence-corrected chi connectivity index (χ1v) is 9.48. The number of carboxylic acids is 1. The van der Waals surface area contributed by atoms with Crippen molar-refractivity contribution in [2.45, 2.75) is 25.9 Å². The quantitative estimate of drug-likeness (QED) is 0.388. The van der Waals surface area contributed by atoms with E-state index in [1.807, 2.05) is 18.9 Å². The maximum absolute atomic E-state index is 11.8. The maximum Gasteiger partial charge on any atom is 0.490 e. The van der Waals surface area contributed by atoms with Crippen LogP contribution in [-0.2, 0) is 9.59 Å². The molecule has 1 aromatic carbocycles. The molecule has 1 rings (SSSR count). The van der Waals surface area contributed by atoms with Crippen LogP contribution in [0.2, 0.25) is 5.02 Å². The number of carbonyl (C=O) groups is 3. The fourth-order valence-corrected chi connectivity index (χ4v) is 2.32. The molecule has 0 saturated carbocycles. The summed E-state index contributed by atoms with van der Waals surface area (Å²) in [5.74, 6) is -2.51. The van der Waals surface area contributed by atoms with Crippen LogP contribution in [0.4, 0.5) is 23.7 Å². The second-order valence-corrected chi connectivity index (χ2v) is 6.58. The van der Waals surface area contributed by atoms with Gasteiger partial charge in [-0.2, -0.15) is 13.2 Å². The number of anilines is 1. The zero-order chi connectivity index (χ0) is 24.0. The molecule has 0 radical (unpaired) electrons. The number of likely N-dealkylation sites (N-methyl/N-ethyl adjacent to an activating group) is 1. The molecule has 1 aromatic rings. The Kier molecular flexibility index (Phi) is 13.0. The highest BCUT2D eigenvalue weighted by Gasteiger charge is 2.38. The standard InChI is InChI=1S/C16H25ClN4O3.C2HF3O2/c1-3-24-14-7-6-12(10-13(14)17)20-16(23)19-8-4-5-9-21(2)11-15(18)22;3-2(4,5)1(6)7/h6-7,10H,3-5,8-9,11H2,1-2H3,(H2,18,22)(H2,19,20,23);(H,6,7). The summed E-state index contributed by atoms with van der Waals surface area (Å²) in [7, 11) is 1.83. The SMILES string of the molecule is CCOc1ccc(NC(=O)NCCCCN(C)CC(N)=O)cc1Cl.O=C(O)C(F)(F)F. The van der Waals surface area contributed by atoms with Gasteiger partial charge in [0.1, 0.15) is 5.75 Å². The van der Waals surface area contributed by atoms with Crippen LogP contribution < -0.4 is 21.1 Å². The maximum atomic E-state index is 11.8. The average Bonchev–Trinajstić information content (AvgIpc) is 2.63. The van der Waals surface area contributed by atoms with E-state index in [0.29, 0.717) is 29.6 Å². The molecule has 0 unspecified atom stereocenters. The second-order valence-electron chi connectivity index (χ2n) is 6.17. The Labute approximate surface area is 182 Å². The van der Waals surface area contributed by atoms with Crippen molar-refractivity contribution in [1.29, 1.82) is 0 Å². The highest BCUT2D eigenvalue weighted by molar-refractivity contribution is 6.32. The number of carboxylic acid groups (broad SMARTS) is 1. The van der Waals surface area contributed by atoms with Gasteiger partial charge in [-0.15, -0.1) is 0 Å². The summed E-state index contributed by atoms with van der Waals surface area (Å²) in [4.78, 5) is 33.3. The molecule has 9 nitrogen and oxygen atoms in total. The molecule has 0 spiro atoms. The lowest BCUT2D eigenvalue weighted by Gasteiger charge is -2.14. The van der Waals surface area contributed by atoms with Gasteiger partial charge in [-0.3, -0.25) is 9.69 Å². The lowest BCUT2D eigenvalue weighted by Crippen LogP contribution is -2.32. The van der Waals surface area contributed by atoms with Crippen molar-refractivity contribution in [3.05, 3.63) is 23.2 Å². The minimum Gasteiger partial charge on any atom is -0.492 e. The summed E-state index contributed by atoms with van der Waals surface area (Å²) in [5, 5.41) is 13.1. The Balaban J connectivity index is 0.00000110. The van der Waals surface area contributed by atoms with Crippen LogP contribution in [0, 0.1) is 0 Å². The minimum absolute atomic E-state index is 0.242. The first kappa shape index (κ1) is 28.3. The zero-order valence-electron chi connectivity index (χ0n) is 17.1. The topological polar surface area (TPSA) is 134 Å². The highest BCUT2D eigenvalue weighted by Crippen LogP contribution is 2.27. The van der Waals surface area contributed by atoms with Crippen molar-refractivity contribution in [2.75, 3.05) is 38.6 Å². The number of benzene rings is 1. The number of unbranched alkanes of at least 4 members (excludes halogenated alkanes) is 1. The van der Waals surface area contributed by atoms with E-state index in [1.54, 1.807) is 18.2 Å². The van der Waals surface area contributed by atoms with Gasteiger partial charge < -0.3 is 26.2 Å². The van der Waals surface area contributed by atoms with Gasteiger partial charge >= 0.3 is 18.2 Å². The summed E-state index contributed by atoms with van der Waals surface area (Å²) in [6, 6.07) is 4.80. The summed E-state index contributed by atoms with van der Waals surface area (Å²) in [6.07, 6.45) is -3.42. The number of aliphatic carboxylic acids is 1. The third-order valence-corrected chi connectivity index (χ3v) is 3.71. The first-order chi connectivity index (χ1) is 14.4. The van der Waals surface area contributed by atoms with Crippen molar-refractivity contribution in [3.8, 4) is 5.75 Å². The summed E-state index contributed by atoms with van der Waals surface area (Å²) < 4.78 is 37.1. The molecule has 0 bridgehead atoms. The number of carbonyl (C=O) groups excluding carboxylic acids is 2.